The van der Waals surface area contributed by atoms with E-state index in [0.717, 1.165) is 29.4 Å². The minimum absolute atomic E-state index is 0.0782. The molecule has 0 saturated heterocycles. The van der Waals surface area contributed by atoms with Gasteiger partial charge in [0.05, 0.1) is 13.5 Å². The zero-order valence-corrected chi connectivity index (χ0v) is 19.9. The van der Waals surface area contributed by atoms with E-state index in [1.807, 2.05) is 55.5 Å². The molecule has 9 nitrogen and oxygen atoms in total. The van der Waals surface area contributed by atoms with Gasteiger partial charge in [0, 0.05) is 5.92 Å². The maximum atomic E-state index is 12.9. The molecule has 0 radical (unpaired) electrons. The summed E-state index contributed by atoms with van der Waals surface area (Å²) in [7, 11) is 1.13. The lowest BCUT2D eigenvalue weighted by Crippen LogP contribution is -2.54. The Kier molecular flexibility index (Phi) is 8.46. The second-order valence-corrected chi connectivity index (χ2v) is 8.51. The molecule has 186 valence electrons. The van der Waals surface area contributed by atoms with Gasteiger partial charge in [-0.1, -0.05) is 68.8 Å². The van der Waals surface area contributed by atoms with E-state index in [9.17, 15) is 24.3 Å². The number of fused-ring (bicyclic) bond motifs is 3. The molecule has 3 rings (SSSR count). The Hall–Kier alpha value is -3.88. The molecule has 1 aliphatic rings. The van der Waals surface area contributed by atoms with Gasteiger partial charge in [0.2, 0.25) is 5.91 Å². The quantitative estimate of drug-likeness (QED) is 0.444. The van der Waals surface area contributed by atoms with Crippen molar-refractivity contribution in [3.63, 3.8) is 0 Å². The second-order valence-electron chi connectivity index (χ2n) is 8.51. The molecule has 2 aromatic rings. The number of carboxylic acid groups (broad SMARTS) is 1. The number of hydrogen-bond donors (Lipinski definition) is 3. The summed E-state index contributed by atoms with van der Waals surface area (Å²) in [5.74, 6) is -3.33. The molecule has 2 amide bonds. The molecule has 3 N–H and O–H groups in total. The molecular formula is C26H30N2O7. The van der Waals surface area contributed by atoms with E-state index in [0.29, 0.717) is 6.42 Å². The van der Waals surface area contributed by atoms with Crippen molar-refractivity contribution in [2.75, 3.05) is 13.7 Å². The molecule has 35 heavy (non-hydrogen) atoms. The fourth-order valence-electron chi connectivity index (χ4n) is 4.18. The minimum Gasteiger partial charge on any atom is -0.480 e. The van der Waals surface area contributed by atoms with Crippen molar-refractivity contribution in [2.24, 2.45) is 5.92 Å². The first-order chi connectivity index (χ1) is 16.8. The number of carbonyl (C=O) groups excluding carboxylic acids is 3. The molecule has 0 bridgehead atoms. The monoisotopic (exact) mass is 482 g/mol. The van der Waals surface area contributed by atoms with Crippen molar-refractivity contribution in [1.29, 1.82) is 0 Å². The molecular weight excluding hydrogens is 452 g/mol. The van der Waals surface area contributed by atoms with Gasteiger partial charge in [-0.05, 0) is 28.2 Å². The standard InChI is InChI=1S/C26H30N2O7/c1-4-15(2)23(24(30)27-21(25(31)32)13-22(29)34-3)28-26(33)35-14-20-18-11-7-5-9-16(18)17-10-6-8-12-19(17)20/h5-12,15,20-21,23H,4,13-14H2,1-3H3,(H,27,30)(H,28,33)(H,31,32)/t15?,21-,23-/m0/s1. The summed E-state index contributed by atoms with van der Waals surface area (Å²) in [5.41, 5.74) is 4.31. The zero-order valence-electron chi connectivity index (χ0n) is 19.9. The van der Waals surface area contributed by atoms with Crippen LogP contribution in [-0.4, -0.2) is 54.8 Å². The highest BCUT2D eigenvalue weighted by Gasteiger charge is 2.33. The predicted molar refractivity (Wildman–Crippen MR) is 128 cm³/mol. The summed E-state index contributed by atoms with van der Waals surface area (Å²) < 4.78 is 10.0. The van der Waals surface area contributed by atoms with Crippen LogP contribution >= 0.6 is 0 Å². The van der Waals surface area contributed by atoms with Crippen LogP contribution in [0.15, 0.2) is 48.5 Å². The highest BCUT2D eigenvalue weighted by molar-refractivity contribution is 5.91. The van der Waals surface area contributed by atoms with Gasteiger partial charge in [0.1, 0.15) is 18.7 Å². The maximum Gasteiger partial charge on any atom is 0.407 e. The van der Waals surface area contributed by atoms with Gasteiger partial charge in [-0.25, -0.2) is 9.59 Å². The first-order valence-corrected chi connectivity index (χ1v) is 11.5. The number of alkyl carbamates (subject to hydrolysis) is 1. The Morgan fingerprint density at radius 3 is 2.06 bits per heavy atom. The highest BCUT2D eigenvalue weighted by Crippen LogP contribution is 2.44. The molecule has 0 aromatic heterocycles. The Bertz CT molecular complexity index is 1060. The lowest BCUT2D eigenvalue weighted by Gasteiger charge is -2.25. The van der Waals surface area contributed by atoms with E-state index in [2.05, 4.69) is 15.4 Å². The van der Waals surface area contributed by atoms with E-state index in [-0.39, 0.29) is 18.4 Å². The van der Waals surface area contributed by atoms with E-state index < -0.39 is 42.4 Å². The van der Waals surface area contributed by atoms with Crippen molar-refractivity contribution in [2.45, 2.75) is 44.7 Å². The molecule has 0 spiro atoms. The number of nitrogens with one attached hydrogen (secondary N) is 2. The lowest BCUT2D eigenvalue weighted by atomic mass is 9.97. The second kappa shape index (κ2) is 11.5. The van der Waals surface area contributed by atoms with Crippen molar-refractivity contribution >= 4 is 23.9 Å². The van der Waals surface area contributed by atoms with Crippen molar-refractivity contribution < 1.29 is 33.8 Å². The number of carbonyl (C=O) groups is 4. The Morgan fingerprint density at radius 1 is 0.971 bits per heavy atom. The molecule has 0 aliphatic heterocycles. The molecule has 9 heteroatoms. The molecule has 0 saturated carbocycles. The summed E-state index contributed by atoms with van der Waals surface area (Å²) in [5, 5.41) is 14.2. The Balaban J connectivity index is 1.68. The van der Waals surface area contributed by atoms with Crippen LogP contribution in [0.1, 0.15) is 43.7 Å². The molecule has 1 unspecified atom stereocenters. The number of amides is 2. The minimum atomic E-state index is -1.48. The number of carboxylic acids is 1. The smallest absolute Gasteiger partial charge is 0.407 e. The van der Waals surface area contributed by atoms with Gasteiger partial charge in [-0.3, -0.25) is 9.59 Å². The van der Waals surface area contributed by atoms with Crippen LogP contribution in [0.4, 0.5) is 4.79 Å². The fourth-order valence-corrected chi connectivity index (χ4v) is 4.18. The van der Waals surface area contributed by atoms with Crippen LogP contribution in [0.2, 0.25) is 0 Å². The van der Waals surface area contributed by atoms with Crippen LogP contribution in [0.3, 0.4) is 0 Å². The zero-order chi connectivity index (χ0) is 25.5. The topological polar surface area (TPSA) is 131 Å². The summed E-state index contributed by atoms with van der Waals surface area (Å²) in [6.45, 7) is 3.67. The lowest BCUT2D eigenvalue weighted by molar-refractivity contribution is -0.149. The van der Waals surface area contributed by atoms with Crippen molar-refractivity contribution in [3.05, 3.63) is 59.7 Å². The third kappa shape index (κ3) is 5.98. The largest absolute Gasteiger partial charge is 0.480 e. The van der Waals surface area contributed by atoms with E-state index in [4.69, 9.17) is 4.74 Å². The van der Waals surface area contributed by atoms with Crippen LogP contribution < -0.4 is 10.6 Å². The summed E-state index contributed by atoms with van der Waals surface area (Å²) >= 11 is 0. The van der Waals surface area contributed by atoms with E-state index in [1.165, 1.54) is 0 Å². The number of methoxy groups -OCH3 is 1. The average molecular weight is 483 g/mol. The first kappa shape index (κ1) is 25.7. The Morgan fingerprint density at radius 2 is 1.54 bits per heavy atom. The number of hydrogen-bond acceptors (Lipinski definition) is 6. The van der Waals surface area contributed by atoms with Crippen molar-refractivity contribution in [1.82, 2.24) is 10.6 Å². The van der Waals surface area contributed by atoms with Crippen LogP contribution in [0, 0.1) is 5.92 Å². The van der Waals surface area contributed by atoms with Crippen LogP contribution in [0.25, 0.3) is 11.1 Å². The van der Waals surface area contributed by atoms with Gasteiger partial charge in [0.15, 0.2) is 0 Å². The molecule has 2 aromatic carbocycles. The van der Waals surface area contributed by atoms with Gasteiger partial charge < -0.3 is 25.2 Å². The average Bonchev–Trinajstić information content (AvgIpc) is 3.18. The van der Waals surface area contributed by atoms with E-state index >= 15 is 0 Å². The maximum absolute atomic E-state index is 12.9. The first-order valence-electron chi connectivity index (χ1n) is 11.5. The van der Waals surface area contributed by atoms with Crippen LogP contribution in [0.5, 0.6) is 0 Å². The van der Waals surface area contributed by atoms with Crippen LogP contribution in [-0.2, 0) is 23.9 Å². The number of aliphatic carboxylic acids is 1. The van der Waals surface area contributed by atoms with Gasteiger partial charge in [-0.2, -0.15) is 0 Å². The van der Waals surface area contributed by atoms with Gasteiger partial charge in [-0.15, -0.1) is 0 Å². The number of ether oxygens (including phenoxy) is 2. The summed E-state index contributed by atoms with van der Waals surface area (Å²) in [4.78, 5) is 48.5. The predicted octanol–water partition coefficient (Wildman–Crippen LogP) is 3.07. The highest BCUT2D eigenvalue weighted by atomic mass is 16.5. The number of esters is 1. The fraction of sp³-hybridized carbons (Fsp3) is 0.385. The van der Waals surface area contributed by atoms with Crippen molar-refractivity contribution in [3.8, 4) is 11.1 Å². The number of rotatable bonds is 10. The third-order valence-corrected chi connectivity index (χ3v) is 6.33. The summed E-state index contributed by atoms with van der Waals surface area (Å²) in [6.07, 6.45) is -0.779. The number of benzene rings is 2. The summed E-state index contributed by atoms with van der Waals surface area (Å²) in [6, 6.07) is 13.4. The van der Waals surface area contributed by atoms with Gasteiger partial charge >= 0.3 is 18.0 Å². The third-order valence-electron chi connectivity index (χ3n) is 6.33. The van der Waals surface area contributed by atoms with Gasteiger partial charge in [0.25, 0.3) is 0 Å². The molecule has 1 aliphatic carbocycles. The SMILES string of the molecule is CCC(C)[C@H](NC(=O)OCC1c2ccccc2-c2ccccc21)C(=O)N[C@@H](CC(=O)OC)C(=O)O. The molecule has 0 fully saturated rings. The van der Waals surface area contributed by atoms with E-state index in [1.54, 1.807) is 6.92 Å². The Labute approximate surface area is 203 Å². The normalized spacial score (nSPS) is 14.6. The molecule has 0 heterocycles. The molecule has 3 atom stereocenters.